The van der Waals surface area contributed by atoms with E-state index >= 15 is 0 Å². The van der Waals surface area contributed by atoms with Gasteiger partial charge in [-0.1, -0.05) is 60.7 Å². The number of carbonyl (C=O) groups excluding carboxylic acids is 2. The minimum absolute atomic E-state index is 0.136. The topological polar surface area (TPSA) is 126 Å². The van der Waals surface area contributed by atoms with Crippen molar-refractivity contribution in [3.05, 3.63) is 101 Å². The molecule has 2 amide bonds. The molecular formula is C30H32N6O3. The van der Waals surface area contributed by atoms with E-state index in [0.29, 0.717) is 25.1 Å². The van der Waals surface area contributed by atoms with Gasteiger partial charge in [0.05, 0.1) is 12.2 Å². The van der Waals surface area contributed by atoms with Crippen molar-refractivity contribution >= 4 is 17.5 Å². The number of nitrogens with two attached hydrogens (primary N) is 1. The molecular weight excluding hydrogens is 492 g/mol. The van der Waals surface area contributed by atoms with Crippen LogP contribution >= 0.6 is 0 Å². The normalized spacial score (nSPS) is 15.5. The third-order valence-corrected chi connectivity index (χ3v) is 6.79. The molecule has 1 aliphatic rings. The first-order chi connectivity index (χ1) is 18.7. The number of nitrogens with zero attached hydrogens (tertiary/aromatic N) is 3. The number of hydrogen-bond donors (Lipinski definition) is 3. The Kier molecular flexibility index (Phi) is 7.17. The summed E-state index contributed by atoms with van der Waals surface area (Å²) in [6.45, 7) is 3.93. The van der Waals surface area contributed by atoms with Gasteiger partial charge < -0.3 is 16.0 Å². The molecule has 0 bridgehead atoms. The van der Waals surface area contributed by atoms with Crippen molar-refractivity contribution in [1.82, 2.24) is 20.1 Å². The minimum Gasteiger partial charge on any atom is -0.344 e. The lowest BCUT2D eigenvalue weighted by molar-refractivity contribution is -0.128. The Bertz CT molecular complexity index is 1550. The SMILES string of the molecule is CC(C)(N)CC(=O)N[C@@H]1CCc2ccccc2N(Cc2ccc(-c3ccccc3-n3nc[nH]c3=O)cc2)C1=O. The molecule has 0 unspecified atom stereocenters. The molecule has 0 spiro atoms. The number of nitrogens with one attached hydrogen (secondary N) is 2. The van der Waals surface area contributed by atoms with Gasteiger partial charge in [0.25, 0.3) is 0 Å². The summed E-state index contributed by atoms with van der Waals surface area (Å²) >= 11 is 0. The number of amides is 2. The highest BCUT2D eigenvalue weighted by Gasteiger charge is 2.32. The molecule has 1 aromatic heterocycles. The number of hydrogen-bond acceptors (Lipinski definition) is 5. The fourth-order valence-electron chi connectivity index (χ4n) is 4.97. The van der Waals surface area contributed by atoms with E-state index in [1.54, 1.807) is 18.7 Å². The highest BCUT2D eigenvalue weighted by Crippen LogP contribution is 2.30. The maximum atomic E-state index is 13.7. The molecule has 39 heavy (non-hydrogen) atoms. The summed E-state index contributed by atoms with van der Waals surface area (Å²) in [6, 6.07) is 22.7. The first-order valence-corrected chi connectivity index (χ1v) is 13.0. The van der Waals surface area contributed by atoms with Crippen LogP contribution < -0.4 is 21.6 Å². The monoisotopic (exact) mass is 524 g/mol. The van der Waals surface area contributed by atoms with Crippen molar-refractivity contribution in [2.75, 3.05) is 4.90 Å². The maximum Gasteiger partial charge on any atom is 0.347 e. The number of H-pyrrole nitrogens is 1. The fraction of sp³-hybridized carbons (Fsp3) is 0.267. The van der Waals surface area contributed by atoms with E-state index in [-0.39, 0.29) is 23.9 Å². The Morgan fingerprint density at radius 3 is 2.41 bits per heavy atom. The van der Waals surface area contributed by atoms with Gasteiger partial charge >= 0.3 is 5.69 Å². The van der Waals surface area contributed by atoms with Gasteiger partial charge in [0, 0.05) is 23.2 Å². The van der Waals surface area contributed by atoms with Gasteiger partial charge in [0.15, 0.2) is 0 Å². The van der Waals surface area contributed by atoms with Crippen LogP contribution in [0.4, 0.5) is 5.69 Å². The quantitative estimate of drug-likeness (QED) is 0.342. The molecule has 3 aromatic carbocycles. The Labute approximate surface area is 226 Å². The van der Waals surface area contributed by atoms with Crippen LogP contribution in [-0.2, 0) is 22.6 Å². The summed E-state index contributed by atoms with van der Waals surface area (Å²) in [5, 5.41) is 7.04. The molecule has 4 aromatic rings. The summed E-state index contributed by atoms with van der Waals surface area (Å²) < 4.78 is 1.33. The maximum absolute atomic E-state index is 13.7. The number of aromatic nitrogens is 3. The number of fused-ring (bicyclic) bond motifs is 1. The zero-order chi connectivity index (χ0) is 27.6. The van der Waals surface area contributed by atoms with Crippen LogP contribution in [0.5, 0.6) is 0 Å². The van der Waals surface area contributed by atoms with Gasteiger partial charge in [0.2, 0.25) is 11.8 Å². The zero-order valence-corrected chi connectivity index (χ0v) is 22.1. The zero-order valence-electron chi connectivity index (χ0n) is 22.1. The molecule has 2 heterocycles. The van der Waals surface area contributed by atoms with E-state index in [1.165, 1.54) is 11.0 Å². The lowest BCUT2D eigenvalue weighted by Crippen LogP contribution is -2.49. The van der Waals surface area contributed by atoms with E-state index in [9.17, 15) is 14.4 Å². The average Bonchev–Trinajstić information content (AvgIpc) is 3.29. The number of anilines is 1. The summed E-state index contributed by atoms with van der Waals surface area (Å²) in [5.74, 6) is -0.374. The molecule has 200 valence electrons. The fourth-order valence-corrected chi connectivity index (χ4v) is 4.97. The molecule has 0 saturated carbocycles. The van der Waals surface area contributed by atoms with Gasteiger partial charge in [-0.3, -0.25) is 14.6 Å². The third-order valence-electron chi connectivity index (χ3n) is 6.79. The van der Waals surface area contributed by atoms with Crippen LogP contribution in [0, 0.1) is 0 Å². The number of benzene rings is 3. The third kappa shape index (κ3) is 5.83. The summed E-state index contributed by atoms with van der Waals surface area (Å²) in [7, 11) is 0. The van der Waals surface area contributed by atoms with E-state index in [2.05, 4.69) is 15.4 Å². The minimum atomic E-state index is -0.661. The van der Waals surface area contributed by atoms with Gasteiger partial charge in [-0.15, -0.1) is 0 Å². The highest BCUT2D eigenvalue weighted by molar-refractivity contribution is 6.00. The van der Waals surface area contributed by atoms with E-state index in [4.69, 9.17) is 5.73 Å². The highest BCUT2D eigenvalue weighted by atomic mass is 16.2. The predicted molar refractivity (Wildman–Crippen MR) is 150 cm³/mol. The standard InChI is InChI=1S/C30H32N6O3/c1-30(2,31)17-27(37)34-24-16-15-22-7-3-5-9-25(22)35(28(24)38)18-20-11-13-21(14-12-20)23-8-4-6-10-26(23)36-29(39)32-19-33-36/h3-14,19,24H,15-18,31H2,1-2H3,(H,34,37)(H,32,33,39)/t24-/m1/s1. The Morgan fingerprint density at radius 2 is 1.72 bits per heavy atom. The van der Waals surface area contributed by atoms with Crippen LogP contribution in [0.1, 0.15) is 37.8 Å². The predicted octanol–water partition coefficient (Wildman–Crippen LogP) is 3.32. The Balaban J connectivity index is 1.41. The van der Waals surface area contributed by atoms with Crippen molar-refractivity contribution in [2.24, 2.45) is 5.73 Å². The molecule has 0 fully saturated rings. The van der Waals surface area contributed by atoms with Crippen molar-refractivity contribution < 1.29 is 9.59 Å². The first-order valence-electron chi connectivity index (χ1n) is 13.0. The molecule has 1 atom stereocenters. The van der Waals surface area contributed by atoms with Crippen LogP contribution in [-0.4, -0.2) is 38.2 Å². The lowest BCUT2D eigenvalue weighted by Gasteiger charge is -2.27. The Morgan fingerprint density at radius 1 is 1.03 bits per heavy atom. The van der Waals surface area contributed by atoms with Gasteiger partial charge in [0.1, 0.15) is 12.4 Å². The summed E-state index contributed by atoms with van der Waals surface area (Å²) in [4.78, 5) is 42.9. The second-order valence-corrected chi connectivity index (χ2v) is 10.6. The number of aryl methyl sites for hydroxylation is 1. The molecule has 0 radical (unpaired) electrons. The Hall–Kier alpha value is -4.50. The van der Waals surface area contributed by atoms with Crippen molar-refractivity contribution in [3.63, 3.8) is 0 Å². The first kappa shape index (κ1) is 26.1. The summed E-state index contributed by atoms with van der Waals surface area (Å²) in [5.41, 5.74) is 10.4. The van der Waals surface area contributed by atoms with Crippen molar-refractivity contribution in [1.29, 1.82) is 0 Å². The van der Waals surface area contributed by atoms with Crippen LogP contribution in [0.2, 0.25) is 0 Å². The second-order valence-electron chi connectivity index (χ2n) is 10.6. The van der Waals surface area contributed by atoms with Crippen LogP contribution in [0.3, 0.4) is 0 Å². The molecule has 9 nitrogen and oxygen atoms in total. The van der Waals surface area contributed by atoms with E-state index in [0.717, 1.165) is 27.9 Å². The second kappa shape index (κ2) is 10.7. The summed E-state index contributed by atoms with van der Waals surface area (Å²) in [6.07, 6.45) is 2.70. The molecule has 4 N–H and O–H groups in total. The van der Waals surface area contributed by atoms with E-state index < -0.39 is 11.6 Å². The van der Waals surface area contributed by atoms with Gasteiger partial charge in [-0.2, -0.15) is 9.78 Å². The molecule has 1 aliphatic heterocycles. The molecule has 0 saturated heterocycles. The number of rotatable bonds is 7. The number of carbonyl (C=O) groups is 2. The number of para-hydroxylation sites is 2. The lowest BCUT2D eigenvalue weighted by atomic mass is 10.0. The largest absolute Gasteiger partial charge is 0.347 e. The smallest absolute Gasteiger partial charge is 0.344 e. The van der Waals surface area contributed by atoms with Crippen LogP contribution in [0.15, 0.2) is 83.9 Å². The van der Waals surface area contributed by atoms with Crippen molar-refractivity contribution in [3.8, 4) is 16.8 Å². The number of aromatic amines is 1. The molecule has 5 rings (SSSR count). The van der Waals surface area contributed by atoms with Gasteiger partial charge in [-0.05, 0) is 55.5 Å². The molecule has 0 aliphatic carbocycles. The van der Waals surface area contributed by atoms with Crippen molar-refractivity contribution in [2.45, 2.75) is 51.2 Å². The van der Waals surface area contributed by atoms with E-state index in [1.807, 2.05) is 72.8 Å². The van der Waals surface area contributed by atoms with Gasteiger partial charge in [-0.25, -0.2) is 4.79 Å². The van der Waals surface area contributed by atoms with Crippen LogP contribution in [0.25, 0.3) is 16.8 Å². The average molecular weight is 525 g/mol. The molecule has 9 heteroatoms.